The number of hydrogen-bond donors (Lipinski definition) is 0. The largest absolute Gasteiger partial charge is 0.460 e. The summed E-state index contributed by atoms with van der Waals surface area (Å²) in [6.45, 7) is 11.0. The number of likely N-dealkylation sites (tertiary alicyclic amines) is 1. The molecule has 150 valence electrons. The Labute approximate surface area is 161 Å². The summed E-state index contributed by atoms with van der Waals surface area (Å²) in [5.74, 6) is -0.439. The van der Waals surface area contributed by atoms with Crippen molar-refractivity contribution in [3.8, 4) is 0 Å². The van der Waals surface area contributed by atoms with Gasteiger partial charge in [-0.2, -0.15) is 0 Å². The second kappa shape index (κ2) is 9.22. The van der Waals surface area contributed by atoms with Crippen LogP contribution in [0.15, 0.2) is 30.3 Å². The Morgan fingerprint density at radius 1 is 1.15 bits per heavy atom. The van der Waals surface area contributed by atoms with Crippen molar-refractivity contribution in [3.05, 3.63) is 35.9 Å². The fourth-order valence-corrected chi connectivity index (χ4v) is 2.65. The van der Waals surface area contributed by atoms with E-state index in [2.05, 4.69) is 0 Å². The number of nitrogens with zero attached hydrogens (tertiary/aromatic N) is 1. The van der Waals surface area contributed by atoms with Crippen molar-refractivity contribution in [2.24, 2.45) is 11.8 Å². The molecule has 2 rings (SSSR count). The van der Waals surface area contributed by atoms with E-state index in [-0.39, 0.29) is 36.6 Å². The monoisotopic (exact) mass is 377 g/mol. The molecule has 0 spiro atoms. The predicted molar refractivity (Wildman–Crippen MR) is 102 cm³/mol. The Morgan fingerprint density at radius 3 is 2.33 bits per heavy atom. The van der Waals surface area contributed by atoms with Gasteiger partial charge in [-0.1, -0.05) is 44.2 Å². The lowest BCUT2D eigenvalue weighted by Gasteiger charge is -2.38. The van der Waals surface area contributed by atoms with Gasteiger partial charge in [0.1, 0.15) is 12.2 Å². The van der Waals surface area contributed by atoms with Crippen LogP contribution in [0.25, 0.3) is 0 Å². The van der Waals surface area contributed by atoms with Crippen molar-refractivity contribution in [2.45, 2.75) is 52.9 Å². The summed E-state index contributed by atoms with van der Waals surface area (Å²) < 4.78 is 16.6. The third-order valence-electron chi connectivity index (χ3n) is 4.34. The van der Waals surface area contributed by atoms with Gasteiger partial charge in [0.05, 0.1) is 31.7 Å². The molecule has 1 aromatic rings. The minimum absolute atomic E-state index is 0.0713. The van der Waals surface area contributed by atoms with Gasteiger partial charge in [0.25, 0.3) is 0 Å². The van der Waals surface area contributed by atoms with Crippen molar-refractivity contribution in [3.63, 3.8) is 0 Å². The molecule has 1 amide bonds. The third-order valence-corrected chi connectivity index (χ3v) is 4.34. The molecule has 0 radical (unpaired) electrons. The Kier molecular flexibility index (Phi) is 7.25. The molecule has 0 saturated carbocycles. The van der Waals surface area contributed by atoms with Crippen LogP contribution in [0.2, 0.25) is 0 Å². The van der Waals surface area contributed by atoms with Gasteiger partial charge in [-0.05, 0) is 32.3 Å². The lowest BCUT2D eigenvalue weighted by molar-refractivity contribution is -0.166. The molecule has 1 unspecified atom stereocenters. The van der Waals surface area contributed by atoms with E-state index in [1.165, 1.54) is 0 Å². The van der Waals surface area contributed by atoms with E-state index in [4.69, 9.17) is 14.2 Å². The second-order valence-corrected chi connectivity index (χ2v) is 8.28. The number of carbonyl (C=O) groups is 2. The first-order chi connectivity index (χ1) is 12.7. The first-order valence-electron chi connectivity index (χ1n) is 9.46. The molecule has 1 aromatic carbocycles. The van der Waals surface area contributed by atoms with E-state index in [0.29, 0.717) is 19.7 Å². The Balaban J connectivity index is 1.70. The van der Waals surface area contributed by atoms with Crippen molar-refractivity contribution in [1.29, 1.82) is 0 Å². The van der Waals surface area contributed by atoms with Crippen LogP contribution in [-0.2, 0) is 25.6 Å². The number of hydrogen-bond acceptors (Lipinski definition) is 5. The molecule has 1 fully saturated rings. The topological polar surface area (TPSA) is 65.1 Å². The minimum atomic E-state index is -0.514. The number of amides is 1. The molecule has 0 aromatic heterocycles. The van der Waals surface area contributed by atoms with Gasteiger partial charge in [-0.25, -0.2) is 4.79 Å². The maximum Gasteiger partial charge on any atom is 0.410 e. The first kappa shape index (κ1) is 21.2. The second-order valence-electron chi connectivity index (χ2n) is 8.28. The van der Waals surface area contributed by atoms with Crippen molar-refractivity contribution in [2.75, 3.05) is 19.7 Å². The maximum absolute atomic E-state index is 12.3. The Morgan fingerprint density at radius 2 is 1.78 bits per heavy atom. The molecule has 0 aliphatic carbocycles. The molecule has 27 heavy (non-hydrogen) atoms. The SMILES string of the molecule is CC(C)C(COC1CN(C(=O)OCc2ccccc2)C1)C(=O)OC(C)(C)C. The summed E-state index contributed by atoms with van der Waals surface area (Å²) >= 11 is 0. The summed E-state index contributed by atoms with van der Waals surface area (Å²) in [6, 6.07) is 9.57. The molecule has 6 nitrogen and oxygen atoms in total. The van der Waals surface area contributed by atoms with Gasteiger partial charge in [0.2, 0.25) is 0 Å². The van der Waals surface area contributed by atoms with E-state index < -0.39 is 5.60 Å². The zero-order valence-corrected chi connectivity index (χ0v) is 16.9. The molecular weight excluding hydrogens is 346 g/mol. The Bertz CT molecular complexity index is 617. The molecule has 0 bridgehead atoms. The fraction of sp³-hybridized carbons (Fsp3) is 0.619. The molecule has 1 heterocycles. The van der Waals surface area contributed by atoms with Gasteiger partial charge in [-0.15, -0.1) is 0 Å². The molecule has 1 aliphatic rings. The van der Waals surface area contributed by atoms with E-state index in [0.717, 1.165) is 5.56 Å². The smallest absolute Gasteiger partial charge is 0.410 e. The van der Waals surface area contributed by atoms with Gasteiger partial charge in [-0.3, -0.25) is 4.79 Å². The Hall–Kier alpha value is -2.08. The van der Waals surface area contributed by atoms with Crippen molar-refractivity contribution >= 4 is 12.1 Å². The molecular formula is C21H31NO5. The van der Waals surface area contributed by atoms with Crippen LogP contribution >= 0.6 is 0 Å². The predicted octanol–water partition coefficient (Wildman–Crippen LogP) is 3.64. The number of esters is 1. The lowest BCUT2D eigenvalue weighted by atomic mass is 9.96. The van der Waals surface area contributed by atoms with E-state index in [1.807, 2.05) is 65.0 Å². The molecule has 0 N–H and O–H groups in total. The highest BCUT2D eigenvalue weighted by molar-refractivity contribution is 5.73. The van der Waals surface area contributed by atoms with Crippen LogP contribution in [0.5, 0.6) is 0 Å². The van der Waals surface area contributed by atoms with Gasteiger partial charge >= 0.3 is 12.1 Å². The summed E-state index contributed by atoms with van der Waals surface area (Å²) in [5, 5.41) is 0. The highest BCUT2D eigenvalue weighted by Gasteiger charge is 2.35. The average Bonchev–Trinajstić information content (AvgIpc) is 2.53. The van der Waals surface area contributed by atoms with Crippen LogP contribution in [-0.4, -0.2) is 48.4 Å². The molecule has 1 saturated heterocycles. The van der Waals surface area contributed by atoms with Gasteiger partial charge in [0.15, 0.2) is 0 Å². The van der Waals surface area contributed by atoms with Crippen LogP contribution in [0.4, 0.5) is 4.79 Å². The quantitative estimate of drug-likeness (QED) is 0.679. The molecule has 1 aliphatic heterocycles. The number of carbonyl (C=O) groups excluding carboxylic acids is 2. The van der Waals surface area contributed by atoms with E-state index >= 15 is 0 Å². The fourth-order valence-electron chi connectivity index (χ4n) is 2.65. The summed E-state index contributed by atoms with van der Waals surface area (Å²) in [7, 11) is 0. The standard InChI is InChI=1S/C21H31NO5/c1-15(2)18(19(23)27-21(3,4)5)14-25-17-11-22(12-17)20(24)26-13-16-9-7-6-8-10-16/h6-10,15,17-18H,11-14H2,1-5H3. The van der Waals surface area contributed by atoms with Crippen LogP contribution in [0.1, 0.15) is 40.2 Å². The van der Waals surface area contributed by atoms with Crippen LogP contribution < -0.4 is 0 Å². The van der Waals surface area contributed by atoms with Crippen LogP contribution in [0, 0.1) is 11.8 Å². The highest BCUT2D eigenvalue weighted by atomic mass is 16.6. The van der Waals surface area contributed by atoms with Gasteiger partial charge in [0, 0.05) is 0 Å². The normalized spacial score (nSPS) is 16.0. The van der Waals surface area contributed by atoms with E-state index in [9.17, 15) is 9.59 Å². The van der Waals surface area contributed by atoms with Gasteiger partial charge < -0.3 is 19.1 Å². The highest BCUT2D eigenvalue weighted by Crippen LogP contribution is 2.21. The minimum Gasteiger partial charge on any atom is -0.460 e. The van der Waals surface area contributed by atoms with E-state index in [1.54, 1.807) is 4.90 Å². The van der Waals surface area contributed by atoms with Crippen molar-refractivity contribution in [1.82, 2.24) is 4.90 Å². The third kappa shape index (κ3) is 6.86. The zero-order chi connectivity index (χ0) is 20.0. The number of ether oxygens (including phenoxy) is 3. The summed E-state index contributed by atoms with van der Waals surface area (Å²) in [6.07, 6.45) is -0.413. The summed E-state index contributed by atoms with van der Waals surface area (Å²) in [4.78, 5) is 26.0. The first-order valence-corrected chi connectivity index (χ1v) is 9.46. The molecule has 6 heteroatoms. The van der Waals surface area contributed by atoms with Crippen molar-refractivity contribution < 1.29 is 23.8 Å². The molecule has 1 atom stereocenters. The zero-order valence-electron chi connectivity index (χ0n) is 16.9. The summed E-state index contributed by atoms with van der Waals surface area (Å²) in [5.41, 5.74) is 0.441. The van der Waals surface area contributed by atoms with Crippen LogP contribution in [0.3, 0.4) is 0 Å². The average molecular weight is 377 g/mol. The lowest BCUT2D eigenvalue weighted by Crippen LogP contribution is -2.55. The maximum atomic E-state index is 12.3. The number of rotatable bonds is 7. The number of benzene rings is 1.